The SMILES string of the molecule is [2H]C1NN=C(Cc2csc3nc(-c4ccc(F)cc4)cn23)N1CC=C. The number of benzene rings is 1. The number of hydrogen-bond donors (Lipinski definition) is 1. The van der Waals surface area contributed by atoms with Gasteiger partial charge in [0, 0.05) is 35.8 Å². The molecule has 0 spiro atoms. The van der Waals surface area contributed by atoms with E-state index in [-0.39, 0.29) is 5.82 Å². The maximum Gasteiger partial charge on any atom is 0.194 e. The molecule has 0 bridgehead atoms. The molecule has 0 radical (unpaired) electrons. The second-order valence-corrected chi connectivity index (χ2v) is 6.25. The number of thiazole rings is 1. The van der Waals surface area contributed by atoms with Crippen molar-refractivity contribution >= 4 is 22.1 Å². The van der Waals surface area contributed by atoms with Gasteiger partial charge in [0.2, 0.25) is 0 Å². The number of nitrogens with zero attached hydrogens (tertiary/aromatic N) is 4. The van der Waals surface area contributed by atoms with Crippen LogP contribution >= 0.6 is 11.3 Å². The summed E-state index contributed by atoms with van der Waals surface area (Å²) in [5, 5.41) is 6.30. The third-order valence-corrected chi connectivity index (χ3v) is 4.72. The maximum atomic E-state index is 13.1. The van der Waals surface area contributed by atoms with Crippen molar-refractivity contribution in [1.82, 2.24) is 19.7 Å². The summed E-state index contributed by atoms with van der Waals surface area (Å²) in [6.45, 7) is 3.72. The molecule has 4 rings (SSSR count). The molecule has 1 aromatic carbocycles. The number of nitrogens with one attached hydrogen (secondary N) is 1. The minimum atomic E-state index is -0.584. The molecule has 24 heavy (non-hydrogen) atoms. The monoisotopic (exact) mass is 342 g/mol. The van der Waals surface area contributed by atoms with E-state index in [1.807, 2.05) is 20.9 Å². The first-order chi connectivity index (χ1) is 12.2. The lowest BCUT2D eigenvalue weighted by atomic mass is 10.2. The highest BCUT2D eigenvalue weighted by Gasteiger charge is 2.18. The minimum absolute atomic E-state index is 0.260. The molecule has 7 heteroatoms. The molecule has 0 fully saturated rings. The van der Waals surface area contributed by atoms with Crippen LogP contribution < -0.4 is 5.43 Å². The summed E-state index contributed by atoms with van der Waals surface area (Å²) in [6, 6.07) is 6.32. The fourth-order valence-corrected chi connectivity index (χ4v) is 3.50. The Morgan fingerprint density at radius 2 is 2.25 bits per heavy atom. The fourth-order valence-electron chi connectivity index (χ4n) is 2.63. The van der Waals surface area contributed by atoms with Gasteiger partial charge in [0.1, 0.15) is 18.3 Å². The summed E-state index contributed by atoms with van der Waals surface area (Å²) in [4.78, 5) is 7.34. The van der Waals surface area contributed by atoms with Gasteiger partial charge in [-0.15, -0.1) is 17.9 Å². The Balaban J connectivity index is 1.63. The Hall–Kier alpha value is -2.67. The van der Waals surface area contributed by atoms with Crippen LogP contribution in [0.5, 0.6) is 0 Å². The Kier molecular flexibility index (Phi) is 3.48. The first-order valence-corrected chi connectivity index (χ1v) is 8.37. The molecule has 0 amide bonds. The van der Waals surface area contributed by atoms with Gasteiger partial charge >= 0.3 is 0 Å². The third kappa shape index (κ3) is 2.67. The van der Waals surface area contributed by atoms with Gasteiger partial charge in [0.15, 0.2) is 4.96 Å². The number of halogens is 1. The van der Waals surface area contributed by atoms with Crippen molar-refractivity contribution in [3.05, 3.63) is 60.0 Å². The minimum Gasteiger partial charge on any atom is -0.336 e. The summed E-state index contributed by atoms with van der Waals surface area (Å²) in [6.07, 6.45) is 4.31. The van der Waals surface area contributed by atoms with Gasteiger partial charge in [-0.05, 0) is 24.3 Å². The van der Waals surface area contributed by atoms with Crippen LogP contribution in [0.2, 0.25) is 0 Å². The quantitative estimate of drug-likeness (QED) is 0.725. The first kappa shape index (κ1) is 13.7. The highest BCUT2D eigenvalue weighted by molar-refractivity contribution is 7.15. The van der Waals surface area contributed by atoms with E-state index in [0.717, 1.165) is 27.7 Å². The van der Waals surface area contributed by atoms with Crippen LogP contribution in [0.3, 0.4) is 0 Å². The zero-order valence-corrected chi connectivity index (χ0v) is 13.6. The highest BCUT2D eigenvalue weighted by Crippen LogP contribution is 2.24. The molecule has 1 unspecified atom stereocenters. The maximum absolute atomic E-state index is 13.1. The van der Waals surface area contributed by atoms with E-state index < -0.39 is 6.64 Å². The molecule has 5 nitrogen and oxygen atoms in total. The first-order valence-electron chi connectivity index (χ1n) is 8.07. The molecule has 0 saturated carbocycles. The number of rotatable bonds is 5. The van der Waals surface area contributed by atoms with Crippen molar-refractivity contribution in [1.29, 1.82) is 0 Å². The van der Waals surface area contributed by atoms with Crippen molar-refractivity contribution in [3.8, 4) is 11.3 Å². The summed E-state index contributed by atoms with van der Waals surface area (Å²) in [5.74, 6) is 0.543. The average molecular weight is 342 g/mol. The number of aromatic nitrogens is 2. The Morgan fingerprint density at radius 3 is 3.04 bits per heavy atom. The lowest BCUT2D eigenvalue weighted by Crippen LogP contribution is -2.30. The van der Waals surface area contributed by atoms with E-state index in [1.165, 1.54) is 12.1 Å². The van der Waals surface area contributed by atoms with E-state index in [2.05, 4.69) is 22.1 Å². The van der Waals surface area contributed by atoms with Crippen LogP contribution in [0.4, 0.5) is 4.39 Å². The number of hydrazone groups is 1. The van der Waals surface area contributed by atoms with Gasteiger partial charge in [-0.2, -0.15) is 5.10 Å². The molecule has 2 aromatic heterocycles. The van der Waals surface area contributed by atoms with Crippen molar-refractivity contribution in [2.24, 2.45) is 5.10 Å². The van der Waals surface area contributed by atoms with E-state index in [0.29, 0.717) is 13.0 Å². The lowest BCUT2D eigenvalue weighted by Gasteiger charge is -2.16. The molecule has 0 saturated heterocycles. The van der Waals surface area contributed by atoms with Gasteiger partial charge in [-0.3, -0.25) is 9.83 Å². The van der Waals surface area contributed by atoms with Gasteiger partial charge in [0.25, 0.3) is 0 Å². The van der Waals surface area contributed by atoms with Crippen LogP contribution in [-0.4, -0.2) is 33.3 Å². The summed E-state index contributed by atoms with van der Waals surface area (Å²) >= 11 is 1.55. The van der Waals surface area contributed by atoms with Crippen LogP contribution in [0.25, 0.3) is 16.2 Å². The second-order valence-electron chi connectivity index (χ2n) is 5.42. The normalized spacial score (nSPS) is 17.7. The van der Waals surface area contributed by atoms with Gasteiger partial charge in [-0.25, -0.2) is 9.37 Å². The second kappa shape index (κ2) is 6.09. The van der Waals surface area contributed by atoms with Crippen LogP contribution in [0.1, 0.15) is 7.06 Å². The van der Waals surface area contributed by atoms with E-state index in [1.54, 1.807) is 29.5 Å². The molecule has 3 aromatic rings. The van der Waals surface area contributed by atoms with Gasteiger partial charge < -0.3 is 4.90 Å². The van der Waals surface area contributed by atoms with E-state index in [4.69, 9.17) is 1.37 Å². The number of imidazole rings is 1. The molecule has 3 heterocycles. The summed E-state index contributed by atoms with van der Waals surface area (Å²) in [7, 11) is 0. The molecular formula is C17H16FN5S. The van der Waals surface area contributed by atoms with Crippen LogP contribution in [0.15, 0.2) is 53.6 Å². The molecule has 122 valence electrons. The predicted octanol–water partition coefficient (Wildman–Crippen LogP) is 3.11. The molecule has 1 N–H and O–H groups in total. The third-order valence-electron chi connectivity index (χ3n) is 3.83. The highest BCUT2D eigenvalue weighted by atomic mass is 32.1. The molecule has 1 atom stereocenters. The van der Waals surface area contributed by atoms with Crippen molar-refractivity contribution in [2.45, 2.75) is 6.42 Å². The van der Waals surface area contributed by atoms with Crippen molar-refractivity contribution in [3.63, 3.8) is 0 Å². The van der Waals surface area contributed by atoms with E-state index in [9.17, 15) is 4.39 Å². The standard InChI is InChI=1S/C17H16FN5S/c1-2-7-22-11-19-21-16(22)8-14-10-24-17-20-15(9-23(14)17)12-3-5-13(18)6-4-12/h2-6,9-10,19H,1,7-8,11H2/i11D. The fraction of sp³-hybridized carbons (Fsp3) is 0.176. The number of fused-ring (bicyclic) bond motifs is 1. The van der Waals surface area contributed by atoms with E-state index >= 15 is 0 Å². The lowest BCUT2D eigenvalue weighted by molar-refractivity contribution is 0.461. The number of hydrogen-bond acceptors (Lipinski definition) is 5. The summed E-state index contributed by atoms with van der Waals surface area (Å²) < 4.78 is 23.1. The molecule has 0 aliphatic carbocycles. The van der Waals surface area contributed by atoms with Crippen LogP contribution in [-0.2, 0) is 6.42 Å². The largest absolute Gasteiger partial charge is 0.336 e. The van der Waals surface area contributed by atoms with Gasteiger partial charge in [0.05, 0.1) is 7.06 Å². The summed E-state index contributed by atoms with van der Waals surface area (Å²) in [5.41, 5.74) is 5.51. The average Bonchev–Trinajstić information content (AvgIpc) is 3.27. The van der Waals surface area contributed by atoms with Crippen molar-refractivity contribution in [2.75, 3.05) is 13.2 Å². The topological polar surface area (TPSA) is 44.9 Å². The Bertz CT molecular complexity index is 946. The molecule has 1 aliphatic heterocycles. The predicted molar refractivity (Wildman–Crippen MR) is 94.5 cm³/mol. The Morgan fingerprint density at radius 1 is 1.42 bits per heavy atom. The van der Waals surface area contributed by atoms with Gasteiger partial charge in [-0.1, -0.05) is 6.08 Å². The number of amidine groups is 1. The molecular weight excluding hydrogens is 325 g/mol. The van der Waals surface area contributed by atoms with Crippen LogP contribution in [0, 0.1) is 5.82 Å². The van der Waals surface area contributed by atoms with Crippen molar-refractivity contribution < 1.29 is 5.76 Å². The Labute approximate surface area is 144 Å². The zero-order valence-electron chi connectivity index (χ0n) is 13.8. The smallest absolute Gasteiger partial charge is 0.194 e. The molecule has 1 aliphatic rings. The zero-order chi connectivity index (χ0) is 17.4.